The highest BCUT2D eigenvalue weighted by atomic mass is 32.1. The van der Waals surface area contributed by atoms with Crippen molar-refractivity contribution in [1.29, 1.82) is 5.26 Å². The SMILES string of the molecule is Cc1cc(N2CCc3nc(NC(=O)Nc4cn(C)nc4C(=O)NC(C)C)sc3C2)nc(C#N)n1. The molecule has 0 bridgehead atoms. The van der Waals surface area contributed by atoms with Gasteiger partial charge in [0.15, 0.2) is 10.8 Å². The van der Waals surface area contributed by atoms with Gasteiger partial charge in [0.1, 0.15) is 11.9 Å². The summed E-state index contributed by atoms with van der Waals surface area (Å²) >= 11 is 1.38. The largest absolute Gasteiger partial charge is 0.351 e. The number of carbonyl (C=O) groups is 2. The lowest BCUT2D eigenvalue weighted by molar-refractivity contribution is 0.0938. The van der Waals surface area contributed by atoms with Crippen molar-refractivity contribution >= 4 is 39.9 Å². The van der Waals surface area contributed by atoms with Crippen molar-refractivity contribution in [2.45, 2.75) is 39.8 Å². The lowest BCUT2D eigenvalue weighted by atomic mass is 10.2. The van der Waals surface area contributed by atoms with E-state index in [1.807, 2.05) is 32.9 Å². The van der Waals surface area contributed by atoms with E-state index in [-0.39, 0.29) is 23.5 Å². The number of hydrogen-bond acceptors (Lipinski definition) is 9. The van der Waals surface area contributed by atoms with E-state index < -0.39 is 6.03 Å². The molecule has 0 spiro atoms. The summed E-state index contributed by atoms with van der Waals surface area (Å²) in [5.41, 5.74) is 2.09. The van der Waals surface area contributed by atoms with Crippen LogP contribution in [0.3, 0.4) is 0 Å². The molecule has 1 aliphatic rings. The Morgan fingerprint density at radius 2 is 2.03 bits per heavy atom. The second-order valence-corrected chi connectivity index (χ2v) is 9.22. The molecule has 176 valence electrons. The van der Waals surface area contributed by atoms with Crippen LogP contribution < -0.4 is 20.9 Å². The molecule has 3 aromatic heterocycles. The first-order chi connectivity index (χ1) is 16.2. The molecule has 0 saturated carbocycles. The number of thiazole rings is 1. The van der Waals surface area contributed by atoms with Gasteiger partial charge in [-0.3, -0.25) is 14.8 Å². The molecular weight excluding hydrogens is 456 g/mol. The van der Waals surface area contributed by atoms with E-state index in [4.69, 9.17) is 5.26 Å². The van der Waals surface area contributed by atoms with Crippen molar-refractivity contribution < 1.29 is 9.59 Å². The first-order valence-electron chi connectivity index (χ1n) is 10.6. The fraction of sp³-hybridized carbons (Fsp3) is 0.381. The van der Waals surface area contributed by atoms with Crippen molar-refractivity contribution in [2.24, 2.45) is 7.05 Å². The monoisotopic (exact) mass is 480 g/mol. The van der Waals surface area contributed by atoms with Crippen molar-refractivity contribution in [3.05, 3.63) is 40.0 Å². The van der Waals surface area contributed by atoms with Gasteiger partial charge in [0.2, 0.25) is 5.82 Å². The molecule has 4 rings (SSSR count). The van der Waals surface area contributed by atoms with Gasteiger partial charge in [-0.15, -0.1) is 0 Å². The summed E-state index contributed by atoms with van der Waals surface area (Å²) in [7, 11) is 1.68. The maximum Gasteiger partial charge on any atom is 0.325 e. The molecule has 0 aliphatic carbocycles. The van der Waals surface area contributed by atoms with Crippen LogP contribution in [0.4, 0.5) is 21.4 Å². The minimum Gasteiger partial charge on any atom is -0.351 e. The third-order valence-electron chi connectivity index (χ3n) is 4.93. The molecule has 0 fully saturated rings. The zero-order chi connectivity index (χ0) is 24.4. The summed E-state index contributed by atoms with van der Waals surface area (Å²) in [6.07, 6.45) is 2.25. The number of urea groups is 1. The van der Waals surface area contributed by atoms with Crippen molar-refractivity contribution in [3.63, 3.8) is 0 Å². The molecule has 0 unspecified atom stereocenters. The molecule has 1 aliphatic heterocycles. The van der Waals surface area contributed by atoms with Gasteiger partial charge in [-0.25, -0.2) is 19.7 Å². The van der Waals surface area contributed by atoms with Crippen LogP contribution in [0.2, 0.25) is 0 Å². The van der Waals surface area contributed by atoms with Crippen LogP contribution >= 0.6 is 11.3 Å². The van der Waals surface area contributed by atoms with Crippen LogP contribution in [-0.4, -0.2) is 49.3 Å². The summed E-state index contributed by atoms with van der Waals surface area (Å²) in [4.78, 5) is 41.0. The number of aromatic nitrogens is 5. The number of nitrogens with zero attached hydrogens (tertiary/aromatic N) is 7. The van der Waals surface area contributed by atoms with Gasteiger partial charge in [-0.05, 0) is 20.8 Å². The number of amides is 3. The molecule has 3 amide bonds. The van der Waals surface area contributed by atoms with Gasteiger partial charge in [0.05, 0.1) is 17.9 Å². The molecular formula is C21H24N10O2S. The van der Waals surface area contributed by atoms with Crippen LogP contribution in [0.25, 0.3) is 0 Å². The Morgan fingerprint density at radius 3 is 2.76 bits per heavy atom. The standard InChI is InChI=1S/C21H24N10O2S/c1-11(2)23-19(32)18-14(9-30(4)29-18)25-20(33)28-21-26-13-5-6-31(10-15(13)34-21)17-7-12(3)24-16(8-22)27-17/h7,9,11H,5-6,10H2,1-4H3,(H,23,32)(H2,25,26,28,33). The van der Waals surface area contributed by atoms with Gasteiger partial charge in [0, 0.05) is 48.9 Å². The summed E-state index contributed by atoms with van der Waals surface area (Å²) in [5.74, 6) is 0.468. The molecule has 3 N–H and O–H groups in total. The first kappa shape index (κ1) is 23.1. The van der Waals surface area contributed by atoms with E-state index in [0.29, 0.717) is 36.1 Å². The summed E-state index contributed by atoms with van der Waals surface area (Å²) in [5, 5.41) is 21.9. The molecule has 4 heterocycles. The number of aryl methyl sites for hydroxylation is 2. The molecule has 34 heavy (non-hydrogen) atoms. The Kier molecular flexibility index (Phi) is 6.42. The molecule has 0 radical (unpaired) electrons. The molecule has 0 aromatic carbocycles. The summed E-state index contributed by atoms with van der Waals surface area (Å²) < 4.78 is 1.47. The van der Waals surface area contributed by atoms with Gasteiger partial charge < -0.3 is 15.5 Å². The minimum atomic E-state index is -0.514. The highest BCUT2D eigenvalue weighted by Gasteiger charge is 2.24. The van der Waals surface area contributed by atoms with Gasteiger partial charge in [-0.2, -0.15) is 10.4 Å². The number of nitriles is 1. The zero-order valence-corrected chi connectivity index (χ0v) is 20.0. The van der Waals surface area contributed by atoms with E-state index in [0.717, 1.165) is 16.3 Å². The fourth-order valence-electron chi connectivity index (χ4n) is 3.54. The lowest BCUT2D eigenvalue weighted by Crippen LogP contribution is -2.31. The predicted octanol–water partition coefficient (Wildman–Crippen LogP) is 2.19. The zero-order valence-electron chi connectivity index (χ0n) is 19.2. The predicted molar refractivity (Wildman–Crippen MR) is 127 cm³/mol. The number of nitrogens with one attached hydrogen (secondary N) is 3. The minimum absolute atomic E-state index is 0.0601. The number of fused-ring (bicyclic) bond motifs is 1. The van der Waals surface area contributed by atoms with Gasteiger partial charge in [-0.1, -0.05) is 11.3 Å². The molecule has 13 heteroatoms. The number of rotatable bonds is 5. The Morgan fingerprint density at radius 1 is 1.24 bits per heavy atom. The number of carbonyl (C=O) groups excluding carboxylic acids is 2. The average Bonchev–Trinajstić information content (AvgIpc) is 3.34. The van der Waals surface area contributed by atoms with E-state index in [2.05, 4.69) is 40.9 Å². The van der Waals surface area contributed by atoms with Crippen LogP contribution in [-0.2, 0) is 20.0 Å². The van der Waals surface area contributed by atoms with Crippen molar-refractivity contribution in [2.75, 3.05) is 22.1 Å². The topological polar surface area (TPSA) is 154 Å². The number of anilines is 3. The third kappa shape index (κ3) is 5.12. The highest BCUT2D eigenvalue weighted by molar-refractivity contribution is 7.15. The smallest absolute Gasteiger partial charge is 0.325 e. The van der Waals surface area contributed by atoms with Gasteiger partial charge in [0.25, 0.3) is 5.91 Å². The molecule has 3 aromatic rings. The Balaban J connectivity index is 1.44. The Labute approximate surface area is 200 Å². The first-order valence-corrected chi connectivity index (χ1v) is 11.4. The quantitative estimate of drug-likeness (QED) is 0.502. The number of hydrogen-bond donors (Lipinski definition) is 3. The maximum atomic E-state index is 12.6. The maximum absolute atomic E-state index is 12.6. The van der Waals surface area contributed by atoms with E-state index in [1.54, 1.807) is 13.2 Å². The second kappa shape index (κ2) is 9.44. The van der Waals surface area contributed by atoms with E-state index in [1.165, 1.54) is 16.0 Å². The molecule has 0 saturated heterocycles. The average molecular weight is 481 g/mol. The fourth-order valence-corrected chi connectivity index (χ4v) is 4.56. The summed E-state index contributed by atoms with van der Waals surface area (Å²) in [6, 6.07) is 3.26. The molecule has 12 nitrogen and oxygen atoms in total. The second-order valence-electron chi connectivity index (χ2n) is 8.14. The van der Waals surface area contributed by atoms with E-state index >= 15 is 0 Å². The molecule has 0 atom stereocenters. The third-order valence-corrected chi connectivity index (χ3v) is 5.93. The van der Waals surface area contributed by atoms with Gasteiger partial charge >= 0.3 is 6.03 Å². The normalized spacial score (nSPS) is 12.8. The van der Waals surface area contributed by atoms with Crippen molar-refractivity contribution in [1.82, 2.24) is 30.0 Å². The van der Waals surface area contributed by atoms with E-state index in [9.17, 15) is 9.59 Å². The van der Waals surface area contributed by atoms with Crippen LogP contribution in [0.15, 0.2) is 12.3 Å². The summed E-state index contributed by atoms with van der Waals surface area (Å²) in [6.45, 7) is 6.78. The van der Waals surface area contributed by atoms with Crippen LogP contribution in [0, 0.1) is 18.3 Å². The van der Waals surface area contributed by atoms with Crippen LogP contribution in [0.1, 0.15) is 46.4 Å². The van der Waals surface area contributed by atoms with Crippen LogP contribution in [0.5, 0.6) is 0 Å². The van der Waals surface area contributed by atoms with Crippen molar-refractivity contribution in [3.8, 4) is 6.07 Å². The highest BCUT2D eigenvalue weighted by Crippen LogP contribution is 2.30. The Bertz CT molecular complexity index is 1290. The Hall–Kier alpha value is -4.05. The lowest BCUT2D eigenvalue weighted by Gasteiger charge is -2.27.